The minimum atomic E-state index is -0.687. The summed E-state index contributed by atoms with van der Waals surface area (Å²) in [6.07, 6.45) is 7.14. The average molecular weight is 368 g/mol. The molecule has 8 heteroatoms. The van der Waals surface area contributed by atoms with Crippen molar-refractivity contribution in [3.8, 4) is 0 Å². The minimum absolute atomic E-state index is 0.0736. The summed E-state index contributed by atoms with van der Waals surface area (Å²) in [6, 6.07) is 3.71. The molecule has 0 aliphatic carbocycles. The molecule has 1 fully saturated rings. The zero-order valence-corrected chi connectivity index (χ0v) is 14.9. The first-order valence-corrected chi connectivity index (χ1v) is 8.96. The maximum absolute atomic E-state index is 12.8. The Morgan fingerprint density at radius 2 is 2.26 bits per heavy atom. The molecule has 0 amide bonds. The number of rotatable bonds is 5. The predicted molar refractivity (Wildman–Crippen MR) is 97.8 cm³/mol. The number of carbonyl (C=O) groups is 2. The number of Topliss-reactive ketones (excluding diaryl/α,β-unsaturated/α-hetero) is 1. The van der Waals surface area contributed by atoms with E-state index in [0.29, 0.717) is 5.65 Å². The zero-order valence-electron chi connectivity index (χ0n) is 14.9. The van der Waals surface area contributed by atoms with E-state index >= 15 is 0 Å². The molecular formula is C19H20N4O4. The molecule has 27 heavy (non-hydrogen) atoms. The Morgan fingerprint density at radius 1 is 1.44 bits per heavy atom. The number of esters is 1. The van der Waals surface area contributed by atoms with Crippen LogP contribution in [-0.4, -0.2) is 46.4 Å². The highest BCUT2D eigenvalue weighted by Crippen LogP contribution is 2.28. The molecule has 140 valence electrons. The molecule has 2 aliphatic heterocycles. The van der Waals surface area contributed by atoms with E-state index in [-0.39, 0.29) is 23.8 Å². The number of hydrogen-bond donors (Lipinski definition) is 2. The molecular weight excluding hydrogens is 348 g/mol. The number of nitrogens with zero attached hydrogens (tertiary/aromatic N) is 2. The summed E-state index contributed by atoms with van der Waals surface area (Å²) in [7, 11) is 0. The molecule has 0 unspecified atom stereocenters. The van der Waals surface area contributed by atoms with Gasteiger partial charge in [0.1, 0.15) is 5.65 Å². The van der Waals surface area contributed by atoms with Gasteiger partial charge in [0.25, 0.3) is 0 Å². The smallest absolute Gasteiger partial charge is 0.347 e. The first-order chi connectivity index (χ1) is 13.2. The fraction of sp³-hybridized carbons (Fsp3) is 0.316. The highest BCUT2D eigenvalue weighted by atomic mass is 16.5. The van der Waals surface area contributed by atoms with Crippen molar-refractivity contribution in [2.45, 2.75) is 19.8 Å². The summed E-state index contributed by atoms with van der Waals surface area (Å²) >= 11 is 0. The van der Waals surface area contributed by atoms with E-state index in [2.05, 4.69) is 15.4 Å². The molecule has 0 radical (unpaired) electrons. The van der Waals surface area contributed by atoms with E-state index in [4.69, 9.17) is 9.47 Å². The Bertz CT molecular complexity index is 954. The number of fused-ring (bicyclic) bond motifs is 1. The van der Waals surface area contributed by atoms with Gasteiger partial charge in [-0.3, -0.25) is 10.2 Å². The number of hydrogen-bond acceptors (Lipinski definition) is 7. The molecule has 4 rings (SSSR count). The van der Waals surface area contributed by atoms with Crippen LogP contribution in [0.3, 0.4) is 0 Å². The van der Waals surface area contributed by atoms with Crippen molar-refractivity contribution in [1.29, 1.82) is 0 Å². The van der Waals surface area contributed by atoms with Crippen LogP contribution < -0.4 is 5.43 Å². The number of ether oxygens (including phenoxy) is 2. The van der Waals surface area contributed by atoms with Crippen LogP contribution in [0.2, 0.25) is 0 Å². The van der Waals surface area contributed by atoms with Crippen molar-refractivity contribution in [1.82, 2.24) is 20.4 Å². The molecule has 0 spiro atoms. The lowest BCUT2D eigenvalue weighted by Gasteiger charge is -2.18. The molecule has 8 nitrogen and oxygen atoms in total. The Kier molecular flexibility index (Phi) is 4.64. The lowest BCUT2D eigenvalue weighted by atomic mass is 10.1. The molecule has 1 saturated heterocycles. The topological polar surface area (TPSA) is 96.6 Å². The largest absolute Gasteiger partial charge is 0.462 e. The van der Waals surface area contributed by atoms with Crippen LogP contribution in [0.4, 0.5) is 0 Å². The molecule has 2 aliphatic rings. The maximum atomic E-state index is 12.8. The second-order valence-corrected chi connectivity index (χ2v) is 6.31. The summed E-state index contributed by atoms with van der Waals surface area (Å²) < 4.78 is 10.8. The van der Waals surface area contributed by atoms with Crippen LogP contribution in [0.1, 0.15) is 25.3 Å². The van der Waals surface area contributed by atoms with Crippen LogP contribution in [0.15, 0.2) is 41.7 Å². The number of aromatic nitrogens is 2. The lowest BCUT2D eigenvalue weighted by Crippen LogP contribution is -2.35. The summed E-state index contributed by atoms with van der Waals surface area (Å²) in [6.45, 7) is 3.52. The number of allylic oxidation sites excluding steroid dienone is 1. The molecule has 0 atom stereocenters. The summed E-state index contributed by atoms with van der Waals surface area (Å²) in [5, 5.41) is 2.79. The van der Waals surface area contributed by atoms with Gasteiger partial charge in [0.2, 0.25) is 11.7 Å². The van der Waals surface area contributed by atoms with E-state index in [1.54, 1.807) is 25.4 Å². The van der Waals surface area contributed by atoms with Gasteiger partial charge < -0.3 is 14.5 Å². The minimum Gasteiger partial charge on any atom is -0.462 e. The molecule has 2 N–H and O–H groups in total. The van der Waals surface area contributed by atoms with Gasteiger partial charge >= 0.3 is 5.97 Å². The van der Waals surface area contributed by atoms with Crippen molar-refractivity contribution < 1.29 is 19.1 Å². The number of H-pyrrole nitrogens is 1. The van der Waals surface area contributed by atoms with Gasteiger partial charge in [-0.05, 0) is 38.0 Å². The van der Waals surface area contributed by atoms with Crippen LogP contribution in [0.25, 0.3) is 17.1 Å². The normalized spacial score (nSPS) is 19.1. The number of pyridine rings is 1. The SMILES string of the molecule is CCOC(=O)C1=C(NN2CCCC2)OC(=Cc2c[nH]c3ncccc23)C1=O. The maximum Gasteiger partial charge on any atom is 0.347 e. The first kappa shape index (κ1) is 17.3. The van der Waals surface area contributed by atoms with Crippen molar-refractivity contribution in [3.63, 3.8) is 0 Å². The number of carbonyl (C=O) groups excluding carboxylic acids is 2. The Hall–Kier alpha value is -3.13. The van der Waals surface area contributed by atoms with Gasteiger partial charge in [-0.2, -0.15) is 0 Å². The highest BCUT2D eigenvalue weighted by molar-refractivity contribution is 6.26. The zero-order chi connectivity index (χ0) is 18.8. The van der Waals surface area contributed by atoms with Gasteiger partial charge in [-0.25, -0.2) is 14.8 Å². The van der Waals surface area contributed by atoms with Gasteiger partial charge in [0, 0.05) is 36.4 Å². The van der Waals surface area contributed by atoms with Crippen LogP contribution in [0.5, 0.6) is 0 Å². The molecule has 0 aromatic carbocycles. The van der Waals surface area contributed by atoms with E-state index in [0.717, 1.165) is 36.9 Å². The van der Waals surface area contributed by atoms with E-state index in [1.807, 2.05) is 17.1 Å². The summed E-state index contributed by atoms with van der Waals surface area (Å²) in [5.74, 6) is -0.976. The second kappa shape index (κ2) is 7.24. The standard InChI is InChI=1S/C19H20N4O4/c1-2-26-19(25)15-16(24)14(27-18(15)22-23-8-3-4-9-23)10-12-11-21-17-13(12)6-5-7-20-17/h5-7,10-11,22H,2-4,8-9H2,1H3,(H,20,21). The van der Waals surface area contributed by atoms with Crippen LogP contribution >= 0.6 is 0 Å². The number of nitrogens with one attached hydrogen (secondary N) is 2. The number of aromatic amines is 1. The number of hydrazine groups is 1. The molecule has 2 aromatic rings. The highest BCUT2D eigenvalue weighted by Gasteiger charge is 2.38. The molecule has 0 bridgehead atoms. The first-order valence-electron chi connectivity index (χ1n) is 8.96. The average Bonchev–Trinajstić information content (AvgIpc) is 3.37. The Labute approximate surface area is 155 Å². The predicted octanol–water partition coefficient (Wildman–Crippen LogP) is 1.88. The van der Waals surface area contributed by atoms with E-state index in [1.165, 1.54) is 0 Å². The lowest BCUT2D eigenvalue weighted by molar-refractivity contribution is -0.139. The van der Waals surface area contributed by atoms with Gasteiger partial charge in [-0.15, -0.1) is 0 Å². The van der Waals surface area contributed by atoms with Crippen molar-refractivity contribution in [3.05, 3.63) is 47.3 Å². The van der Waals surface area contributed by atoms with Crippen LogP contribution in [0, 0.1) is 0 Å². The molecule has 4 heterocycles. The van der Waals surface area contributed by atoms with Gasteiger partial charge in [0.05, 0.1) is 6.61 Å². The third kappa shape index (κ3) is 3.31. The van der Waals surface area contributed by atoms with Crippen LogP contribution in [-0.2, 0) is 19.1 Å². The fourth-order valence-corrected chi connectivity index (χ4v) is 3.21. The third-order valence-corrected chi connectivity index (χ3v) is 4.50. The third-order valence-electron chi connectivity index (χ3n) is 4.50. The van der Waals surface area contributed by atoms with Gasteiger partial charge in [0.15, 0.2) is 11.3 Å². The van der Waals surface area contributed by atoms with Crippen molar-refractivity contribution in [2.24, 2.45) is 0 Å². The van der Waals surface area contributed by atoms with Crippen molar-refractivity contribution >= 4 is 28.9 Å². The summed E-state index contributed by atoms with van der Waals surface area (Å²) in [4.78, 5) is 32.4. The monoisotopic (exact) mass is 368 g/mol. The van der Waals surface area contributed by atoms with Gasteiger partial charge in [-0.1, -0.05) is 0 Å². The van der Waals surface area contributed by atoms with E-state index < -0.39 is 11.8 Å². The number of ketones is 1. The van der Waals surface area contributed by atoms with Crippen molar-refractivity contribution in [2.75, 3.05) is 19.7 Å². The summed E-state index contributed by atoms with van der Waals surface area (Å²) in [5.41, 5.74) is 4.42. The van der Waals surface area contributed by atoms with E-state index in [9.17, 15) is 9.59 Å². The quantitative estimate of drug-likeness (QED) is 0.472. The second-order valence-electron chi connectivity index (χ2n) is 6.31. The fourth-order valence-electron chi connectivity index (χ4n) is 3.21. The Balaban J connectivity index is 1.66. The Morgan fingerprint density at radius 3 is 3.04 bits per heavy atom. The molecule has 2 aromatic heterocycles. The molecule has 0 saturated carbocycles.